The number of fused-ring (bicyclic) bond motifs is 2. The lowest BCUT2D eigenvalue weighted by Crippen LogP contribution is -2.27. The number of unbranched alkanes of at least 4 members (excludes halogenated alkanes) is 4. The van der Waals surface area contributed by atoms with Gasteiger partial charge in [0.25, 0.3) is 0 Å². The Morgan fingerprint density at radius 2 is 0.978 bits per heavy atom. The van der Waals surface area contributed by atoms with Gasteiger partial charge in [0.05, 0.1) is 0 Å². The van der Waals surface area contributed by atoms with Crippen molar-refractivity contribution in [3.05, 3.63) is 131 Å². The van der Waals surface area contributed by atoms with Gasteiger partial charge in [-0.3, -0.25) is 4.79 Å². The minimum Gasteiger partial charge on any atom is -0.344 e. The first-order chi connectivity index (χ1) is 22.2. The van der Waals surface area contributed by atoms with Gasteiger partial charge in [0.1, 0.15) is 0 Å². The van der Waals surface area contributed by atoms with Crippen LogP contribution < -0.4 is 9.80 Å². The van der Waals surface area contributed by atoms with Crippen LogP contribution in [0.4, 0.5) is 11.4 Å². The number of hydrogen-bond donors (Lipinski definition) is 0. The SMILES string of the molecule is CCCCCN1\C(=C/C=C/C=C2/CC/C(=C/C=C/C=C3\N(CCCCC)c4ccccc4C3(C)C)C2=O)C(C)(C)c2ccccc21. The molecule has 0 amide bonds. The van der Waals surface area contributed by atoms with Gasteiger partial charge in [-0.15, -0.1) is 0 Å². The molecule has 0 atom stereocenters. The molecule has 2 aromatic carbocycles. The number of carbonyl (C=O) groups excluding carboxylic acids is 1. The van der Waals surface area contributed by atoms with Gasteiger partial charge < -0.3 is 9.80 Å². The summed E-state index contributed by atoms with van der Waals surface area (Å²) in [7, 11) is 0. The predicted molar refractivity (Wildman–Crippen MR) is 198 cm³/mol. The number of ketones is 1. The average Bonchev–Trinajstić information content (AvgIpc) is 3.58. The Morgan fingerprint density at radius 3 is 1.39 bits per heavy atom. The molecule has 0 N–H and O–H groups in total. The second kappa shape index (κ2) is 14.7. The molecule has 242 valence electrons. The van der Waals surface area contributed by atoms with Crippen LogP contribution in [0.15, 0.2) is 120 Å². The maximum atomic E-state index is 13.3. The second-order valence-electron chi connectivity index (χ2n) is 14.1. The highest BCUT2D eigenvalue weighted by molar-refractivity contribution is 6.11. The number of nitrogens with zero attached hydrogens (tertiary/aromatic N) is 2. The molecule has 46 heavy (non-hydrogen) atoms. The fraction of sp³-hybridized carbons (Fsp3) is 0.419. The van der Waals surface area contributed by atoms with Gasteiger partial charge in [0, 0.05) is 57.8 Å². The molecule has 3 aliphatic rings. The highest BCUT2D eigenvalue weighted by Gasteiger charge is 2.40. The van der Waals surface area contributed by atoms with E-state index < -0.39 is 0 Å². The molecule has 0 bridgehead atoms. The van der Waals surface area contributed by atoms with Crippen LogP contribution in [0.25, 0.3) is 0 Å². The number of anilines is 2. The molecule has 0 unspecified atom stereocenters. The normalized spacial score (nSPS) is 22.1. The van der Waals surface area contributed by atoms with E-state index in [9.17, 15) is 4.79 Å². The number of Topliss-reactive ketones (excluding diaryl/α,β-unsaturated/α-hetero) is 1. The van der Waals surface area contributed by atoms with Crippen molar-refractivity contribution in [1.82, 2.24) is 0 Å². The fourth-order valence-corrected chi connectivity index (χ4v) is 7.46. The van der Waals surface area contributed by atoms with Crippen LogP contribution in [0.2, 0.25) is 0 Å². The highest BCUT2D eigenvalue weighted by atomic mass is 16.1. The zero-order chi connectivity index (χ0) is 32.7. The Morgan fingerprint density at radius 1 is 0.587 bits per heavy atom. The first-order valence-corrected chi connectivity index (χ1v) is 17.7. The van der Waals surface area contributed by atoms with E-state index in [2.05, 4.69) is 136 Å². The minimum atomic E-state index is -0.0515. The molecular weight excluding hydrogens is 560 g/mol. The number of para-hydroxylation sites is 2. The summed E-state index contributed by atoms with van der Waals surface area (Å²) in [4.78, 5) is 18.3. The van der Waals surface area contributed by atoms with Gasteiger partial charge in [-0.1, -0.05) is 140 Å². The molecule has 2 heterocycles. The van der Waals surface area contributed by atoms with Crippen LogP contribution in [-0.2, 0) is 15.6 Å². The molecular formula is C43H54N2O. The molecule has 5 rings (SSSR count). The van der Waals surface area contributed by atoms with E-state index in [1.165, 1.54) is 72.4 Å². The number of rotatable bonds is 12. The number of hydrogen-bond acceptors (Lipinski definition) is 3. The molecule has 2 aromatic rings. The van der Waals surface area contributed by atoms with Gasteiger partial charge in [-0.05, 0) is 61.1 Å². The van der Waals surface area contributed by atoms with E-state index in [4.69, 9.17) is 0 Å². The topological polar surface area (TPSA) is 23.6 Å². The maximum Gasteiger partial charge on any atom is 0.185 e. The Bertz CT molecular complexity index is 1470. The smallest absolute Gasteiger partial charge is 0.185 e. The zero-order valence-corrected chi connectivity index (χ0v) is 29.1. The van der Waals surface area contributed by atoms with Gasteiger partial charge in [-0.2, -0.15) is 0 Å². The number of carbonyl (C=O) groups is 1. The van der Waals surface area contributed by atoms with Crippen molar-refractivity contribution >= 4 is 17.2 Å². The second-order valence-corrected chi connectivity index (χ2v) is 14.1. The van der Waals surface area contributed by atoms with E-state index >= 15 is 0 Å². The largest absolute Gasteiger partial charge is 0.344 e. The van der Waals surface area contributed by atoms with Gasteiger partial charge in [0.2, 0.25) is 0 Å². The molecule has 1 fully saturated rings. The van der Waals surface area contributed by atoms with Crippen molar-refractivity contribution in [3.8, 4) is 0 Å². The molecule has 0 saturated heterocycles. The third kappa shape index (κ3) is 6.80. The summed E-state index contributed by atoms with van der Waals surface area (Å²) in [6.07, 6.45) is 25.8. The van der Waals surface area contributed by atoms with Crippen LogP contribution in [0.5, 0.6) is 0 Å². The number of benzene rings is 2. The lowest BCUT2D eigenvalue weighted by Gasteiger charge is -2.27. The summed E-state index contributed by atoms with van der Waals surface area (Å²) in [6, 6.07) is 17.6. The summed E-state index contributed by atoms with van der Waals surface area (Å²) in [5.74, 6) is 0.180. The minimum absolute atomic E-state index is 0.0515. The maximum absolute atomic E-state index is 13.3. The van der Waals surface area contributed by atoms with Crippen LogP contribution in [-0.4, -0.2) is 18.9 Å². The van der Waals surface area contributed by atoms with E-state index in [0.29, 0.717) is 0 Å². The molecule has 1 aliphatic carbocycles. The first-order valence-electron chi connectivity index (χ1n) is 17.7. The fourth-order valence-electron chi connectivity index (χ4n) is 7.46. The van der Waals surface area contributed by atoms with Crippen LogP contribution in [0, 0.1) is 0 Å². The molecule has 0 aromatic heterocycles. The van der Waals surface area contributed by atoms with Gasteiger partial charge >= 0.3 is 0 Å². The van der Waals surface area contributed by atoms with Crippen molar-refractivity contribution in [2.24, 2.45) is 0 Å². The molecule has 2 aliphatic heterocycles. The van der Waals surface area contributed by atoms with E-state index in [1.807, 2.05) is 12.2 Å². The predicted octanol–water partition coefficient (Wildman–Crippen LogP) is 11.1. The molecule has 1 saturated carbocycles. The van der Waals surface area contributed by atoms with Gasteiger partial charge in [-0.25, -0.2) is 0 Å². The first kappa shape index (κ1) is 33.5. The lowest BCUT2D eigenvalue weighted by molar-refractivity contribution is -0.111. The standard InChI is InChI=1S/C43H54N2O/c1-7-9-19-31-44-37-25-15-13-23-35(37)42(3,4)39(44)27-17-11-21-33-29-30-34(41(33)46)22-12-18-28-40-43(5,6)36-24-14-16-26-38(36)45(40)32-20-10-8-2/h11-18,21-28H,7-10,19-20,29-32H2,1-6H3/b17-11+,18-12+,33-21-,34-22-,39-27-,40-28-. The van der Waals surface area contributed by atoms with E-state index in [1.54, 1.807) is 0 Å². The molecule has 0 spiro atoms. The van der Waals surface area contributed by atoms with E-state index in [-0.39, 0.29) is 16.6 Å². The lowest BCUT2D eigenvalue weighted by atomic mass is 9.84. The third-order valence-electron chi connectivity index (χ3n) is 10.1. The van der Waals surface area contributed by atoms with Crippen molar-refractivity contribution < 1.29 is 4.79 Å². The Labute approximate surface area is 278 Å². The van der Waals surface area contributed by atoms with Crippen LogP contribution in [0.1, 0.15) is 104 Å². The summed E-state index contributed by atoms with van der Waals surface area (Å²) < 4.78 is 0. The van der Waals surface area contributed by atoms with Crippen LogP contribution >= 0.6 is 0 Å². The van der Waals surface area contributed by atoms with Gasteiger partial charge in [0.15, 0.2) is 5.78 Å². The summed E-state index contributed by atoms with van der Waals surface area (Å²) in [5, 5.41) is 0. The third-order valence-corrected chi connectivity index (χ3v) is 10.1. The van der Waals surface area contributed by atoms with Crippen molar-refractivity contribution in [2.45, 2.75) is 104 Å². The Balaban J connectivity index is 1.27. The van der Waals surface area contributed by atoms with Crippen molar-refractivity contribution in [2.75, 3.05) is 22.9 Å². The summed E-state index contributed by atoms with van der Waals surface area (Å²) >= 11 is 0. The average molecular weight is 615 g/mol. The van der Waals surface area contributed by atoms with Crippen LogP contribution in [0.3, 0.4) is 0 Å². The Kier molecular flexibility index (Phi) is 10.7. The number of allylic oxidation sites excluding steroid dienone is 12. The molecule has 0 radical (unpaired) electrons. The van der Waals surface area contributed by atoms with Crippen molar-refractivity contribution in [3.63, 3.8) is 0 Å². The molecule has 3 nitrogen and oxygen atoms in total. The monoisotopic (exact) mass is 614 g/mol. The Hall–Kier alpha value is -3.85. The zero-order valence-electron chi connectivity index (χ0n) is 29.1. The summed E-state index contributed by atoms with van der Waals surface area (Å²) in [5.41, 5.74) is 9.79. The summed E-state index contributed by atoms with van der Waals surface area (Å²) in [6.45, 7) is 15.9. The quantitative estimate of drug-likeness (QED) is 0.175. The molecule has 3 heteroatoms. The highest BCUT2D eigenvalue weighted by Crippen LogP contribution is 2.48. The van der Waals surface area contributed by atoms with E-state index in [0.717, 1.165) is 37.1 Å². The van der Waals surface area contributed by atoms with Crippen molar-refractivity contribution in [1.29, 1.82) is 0 Å².